The number of rotatable bonds is 3. The Bertz CT molecular complexity index is 715. The van der Waals surface area contributed by atoms with Crippen molar-refractivity contribution in [2.75, 3.05) is 25.0 Å². The van der Waals surface area contributed by atoms with Crippen LogP contribution in [0.4, 0.5) is 5.69 Å². The molecule has 0 saturated carbocycles. The van der Waals surface area contributed by atoms with Crippen LogP contribution >= 0.6 is 23.2 Å². The maximum absolute atomic E-state index is 12.6. The van der Waals surface area contributed by atoms with Gasteiger partial charge in [-0.15, -0.1) is 0 Å². The molecule has 0 aliphatic carbocycles. The van der Waals surface area contributed by atoms with Crippen LogP contribution in [0, 0.1) is 0 Å². The van der Waals surface area contributed by atoms with Crippen molar-refractivity contribution in [2.45, 2.75) is 18.9 Å². The second kappa shape index (κ2) is 7.41. The number of anilines is 1. The fourth-order valence-corrected chi connectivity index (χ4v) is 3.38. The van der Waals surface area contributed by atoms with Crippen LogP contribution < -0.4 is 4.90 Å². The second-order valence-electron chi connectivity index (χ2n) is 5.93. The monoisotopic (exact) mass is 363 g/mol. The summed E-state index contributed by atoms with van der Waals surface area (Å²) in [5, 5.41) is 0.620. The normalized spacial score (nSPS) is 15.4. The van der Waals surface area contributed by atoms with Crippen molar-refractivity contribution in [2.24, 2.45) is 0 Å². The summed E-state index contributed by atoms with van der Waals surface area (Å²) in [5.41, 5.74) is 1.43. The number of carbonyl (C=O) groups is 1. The van der Waals surface area contributed by atoms with Gasteiger partial charge in [0, 0.05) is 31.9 Å². The molecule has 1 amide bonds. The number of piperidine rings is 1. The molecule has 1 aromatic carbocycles. The smallest absolute Gasteiger partial charge is 0.274 e. The van der Waals surface area contributed by atoms with Gasteiger partial charge in [-0.2, -0.15) is 0 Å². The van der Waals surface area contributed by atoms with Gasteiger partial charge in [-0.3, -0.25) is 4.79 Å². The first-order chi connectivity index (χ1) is 11.6. The first kappa shape index (κ1) is 17.1. The number of likely N-dealkylation sites (tertiary alicyclic amines) is 1. The fraction of sp³-hybridized carbons (Fsp3) is 0.333. The van der Waals surface area contributed by atoms with Crippen molar-refractivity contribution in [1.82, 2.24) is 9.88 Å². The van der Waals surface area contributed by atoms with Crippen LogP contribution in [-0.4, -0.2) is 42.0 Å². The molecule has 1 aliphatic heterocycles. The topological polar surface area (TPSA) is 36.4 Å². The minimum Gasteiger partial charge on any atom is -0.371 e. The minimum absolute atomic E-state index is 0.150. The number of amides is 1. The molecule has 0 bridgehead atoms. The molecule has 0 N–H and O–H groups in total. The van der Waals surface area contributed by atoms with E-state index < -0.39 is 0 Å². The highest BCUT2D eigenvalue weighted by Crippen LogP contribution is 2.24. The Balaban J connectivity index is 1.64. The lowest BCUT2D eigenvalue weighted by Gasteiger charge is -2.37. The zero-order valence-electron chi connectivity index (χ0n) is 13.5. The van der Waals surface area contributed by atoms with Crippen LogP contribution in [0.3, 0.4) is 0 Å². The summed E-state index contributed by atoms with van der Waals surface area (Å²) in [5.74, 6) is -0.150. The third kappa shape index (κ3) is 3.65. The molecule has 126 valence electrons. The van der Waals surface area contributed by atoms with E-state index in [1.54, 1.807) is 17.0 Å². The van der Waals surface area contributed by atoms with Crippen molar-refractivity contribution in [3.63, 3.8) is 0 Å². The lowest BCUT2D eigenvalue weighted by Crippen LogP contribution is -2.46. The molecule has 0 atom stereocenters. The minimum atomic E-state index is -0.150. The Hall–Kier alpha value is -1.78. The molecule has 1 saturated heterocycles. The highest BCUT2D eigenvalue weighted by Gasteiger charge is 2.27. The van der Waals surface area contributed by atoms with E-state index in [4.69, 9.17) is 23.2 Å². The molecule has 4 nitrogen and oxygen atoms in total. The van der Waals surface area contributed by atoms with Gasteiger partial charge in [0.2, 0.25) is 0 Å². The molecule has 2 heterocycles. The summed E-state index contributed by atoms with van der Waals surface area (Å²) >= 11 is 12.0. The van der Waals surface area contributed by atoms with Crippen molar-refractivity contribution < 1.29 is 4.79 Å². The van der Waals surface area contributed by atoms with Gasteiger partial charge in [0.05, 0.1) is 5.02 Å². The third-order valence-electron chi connectivity index (χ3n) is 4.48. The quantitative estimate of drug-likeness (QED) is 0.769. The van der Waals surface area contributed by atoms with Gasteiger partial charge in [-0.05, 0) is 37.1 Å². The van der Waals surface area contributed by atoms with Crippen LogP contribution in [0.5, 0.6) is 0 Å². The largest absolute Gasteiger partial charge is 0.371 e. The molecule has 24 heavy (non-hydrogen) atoms. The number of hydrogen-bond acceptors (Lipinski definition) is 3. The summed E-state index contributed by atoms with van der Waals surface area (Å²) in [6, 6.07) is 13.9. The molecule has 1 aromatic heterocycles. The Kier molecular flexibility index (Phi) is 5.27. The maximum Gasteiger partial charge on any atom is 0.274 e. The zero-order valence-corrected chi connectivity index (χ0v) is 15.0. The van der Waals surface area contributed by atoms with Gasteiger partial charge in [0.25, 0.3) is 5.91 Å². The fourth-order valence-electron chi connectivity index (χ4n) is 3.05. The number of halogens is 2. The molecule has 0 radical (unpaired) electrons. The molecule has 0 spiro atoms. The molecular weight excluding hydrogens is 345 g/mol. The predicted molar refractivity (Wildman–Crippen MR) is 98.0 cm³/mol. The molecular formula is C18H19Cl2N3O. The molecule has 2 aromatic rings. The van der Waals surface area contributed by atoms with Gasteiger partial charge in [0.1, 0.15) is 10.8 Å². The van der Waals surface area contributed by atoms with Crippen LogP contribution in [0.25, 0.3) is 0 Å². The van der Waals surface area contributed by atoms with E-state index in [2.05, 4.69) is 29.1 Å². The summed E-state index contributed by atoms with van der Waals surface area (Å²) in [6.45, 7) is 1.37. The summed E-state index contributed by atoms with van der Waals surface area (Å²) < 4.78 is 0. The van der Waals surface area contributed by atoms with E-state index in [0.29, 0.717) is 24.2 Å². The molecule has 6 heteroatoms. The van der Waals surface area contributed by atoms with E-state index in [0.717, 1.165) is 12.8 Å². The maximum atomic E-state index is 12.6. The first-order valence-corrected chi connectivity index (χ1v) is 8.71. The molecule has 1 fully saturated rings. The van der Waals surface area contributed by atoms with Crippen molar-refractivity contribution in [3.8, 4) is 0 Å². The lowest BCUT2D eigenvalue weighted by molar-refractivity contribution is 0.0707. The number of pyridine rings is 1. The van der Waals surface area contributed by atoms with Crippen LogP contribution in [0.1, 0.15) is 23.3 Å². The first-order valence-electron chi connectivity index (χ1n) is 7.95. The number of para-hydroxylation sites is 1. The summed E-state index contributed by atoms with van der Waals surface area (Å²) in [4.78, 5) is 20.8. The van der Waals surface area contributed by atoms with E-state index >= 15 is 0 Å². The molecule has 0 unspecified atom stereocenters. The Labute approximate surface area is 152 Å². The van der Waals surface area contributed by atoms with Gasteiger partial charge in [-0.1, -0.05) is 41.4 Å². The lowest BCUT2D eigenvalue weighted by atomic mass is 10.0. The number of benzene rings is 1. The average molecular weight is 364 g/mol. The Morgan fingerprint density at radius 2 is 1.79 bits per heavy atom. The Morgan fingerprint density at radius 1 is 1.12 bits per heavy atom. The summed E-state index contributed by atoms with van der Waals surface area (Å²) in [7, 11) is 2.10. The van der Waals surface area contributed by atoms with Gasteiger partial charge >= 0.3 is 0 Å². The van der Waals surface area contributed by atoms with Gasteiger partial charge < -0.3 is 9.80 Å². The SMILES string of the molecule is CN(c1ccccc1)C1CCN(C(=O)c2nc(Cl)ccc2Cl)CC1. The number of carbonyl (C=O) groups excluding carboxylic acids is 1. The number of nitrogens with zero attached hydrogens (tertiary/aromatic N) is 3. The van der Waals surface area contributed by atoms with Crippen molar-refractivity contribution >= 4 is 34.8 Å². The van der Waals surface area contributed by atoms with Crippen LogP contribution in [0.15, 0.2) is 42.5 Å². The summed E-state index contributed by atoms with van der Waals surface area (Å²) in [6.07, 6.45) is 1.82. The Morgan fingerprint density at radius 3 is 2.46 bits per heavy atom. The average Bonchev–Trinajstić information content (AvgIpc) is 2.63. The highest BCUT2D eigenvalue weighted by atomic mass is 35.5. The standard InChI is InChI=1S/C18H19Cl2N3O/c1-22(13-5-3-2-4-6-13)14-9-11-23(12-10-14)18(24)17-15(19)7-8-16(20)21-17/h2-8,14H,9-12H2,1H3. The van der Waals surface area contributed by atoms with E-state index in [1.807, 2.05) is 18.2 Å². The number of aromatic nitrogens is 1. The zero-order chi connectivity index (χ0) is 17.1. The van der Waals surface area contributed by atoms with Crippen LogP contribution in [-0.2, 0) is 0 Å². The van der Waals surface area contributed by atoms with Crippen LogP contribution in [0.2, 0.25) is 10.2 Å². The van der Waals surface area contributed by atoms with Gasteiger partial charge in [-0.25, -0.2) is 4.98 Å². The third-order valence-corrected chi connectivity index (χ3v) is 4.99. The van der Waals surface area contributed by atoms with E-state index in [9.17, 15) is 4.79 Å². The molecule has 1 aliphatic rings. The second-order valence-corrected chi connectivity index (χ2v) is 6.73. The number of hydrogen-bond donors (Lipinski definition) is 0. The van der Waals surface area contributed by atoms with Crippen molar-refractivity contribution in [1.29, 1.82) is 0 Å². The van der Waals surface area contributed by atoms with E-state index in [-0.39, 0.29) is 16.8 Å². The highest BCUT2D eigenvalue weighted by molar-refractivity contribution is 6.34. The van der Waals surface area contributed by atoms with E-state index in [1.165, 1.54) is 5.69 Å². The molecule has 3 rings (SSSR count). The van der Waals surface area contributed by atoms with Crippen molar-refractivity contribution in [3.05, 3.63) is 58.3 Å². The van der Waals surface area contributed by atoms with Gasteiger partial charge in [0.15, 0.2) is 0 Å². The predicted octanol–water partition coefficient (Wildman–Crippen LogP) is 4.13.